The average Bonchev–Trinajstić information content (AvgIpc) is 2.76. The van der Waals surface area contributed by atoms with E-state index < -0.39 is 0 Å². The molecular weight excluding hydrogens is 198 g/mol. The summed E-state index contributed by atoms with van der Waals surface area (Å²) >= 11 is 0. The number of ether oxygens (including phenoxy) is 1. The molecule has 0 amide bonds. The lowest BCUT2D eigenvalue weighted by atomic mass is 10.1. The van der Waals surface area contributed by atoms with Gasteiger partial charge in [0.15, 0.2) is 0 Å². The van der Waals surface area contributed by atoms with Crippen molar-refractivity contribution in [2.45, 2.75) is 64.8 Å². The van der Waals surface area contributed by atoms with Crippen molar-refractivity contribution in [3.63, 3.8) is 0 Å². The Morgan fingerprint density at radius 2 is 2.00 bits per heavy atom. The summed E-state index contributed by atoms with van der Waals surface area (Å²) in [5.74, 6) is 0.876. The summed E-state index contributed by atoms with van der Waals surface area (Å²) in [4.78, 5) is 0. The molecule has 1 rings (SSSR count). The molecule has 1 N–H and O–H groups in total. The van der Waals surface area contributed by atoms with E-state index in [-0.39, 0.29) is 0 Å². The molecule has 0 aromatic rings. The number of rotatable bonds is 9. The zero-order valence-electron chi connectivity index (χ0n) is 11.1. The lowest BCUT2D eigenvalue weighted by molar-refractivity contribution is 0.0976. The van der Waals surface area contributed by atoms with Crippen molar-refractivity contribution >= 4 is 0 Å². The molecule has 1 aliphatic carbocycles. The van der Waals surface area contributed by atoms with E-state index in [0.29, 0.717) is 6.04 Å². The third-order valence-electron chi connectivity index (χ3n) is 3.56. The number of hydrogen-bond donors (Lipinski definition) is 1. The van der Waals surface area contributed by atoms with Crippen LogP contribution in [0.15, 0.2) is 0 Å². The Balaban J connectivity index is 1.80. The largest absolute Gasteiger partial charge is 0.381 e. The van der Waals surface area contributed by atoms with Crippen LogP contribution in [0.25, 0.3) is 0 Å². The van der Waals surface area contributed by atoms with E-state index in [1.165, 1.54) is 44.9 Å². The fourth-order valence-corrected chi connectivity index (χ4v) is 2.53. The summed E-state index contributed by atoms with van der Waals surface area (Å²) < 4.78 is 5.74. The molecule has 0 aromatic heterocycles. The lowest BCUT2D eigenvalue weighted by Gasteiger charge is -2.12. The monoisotopic (exact) mass is 227 g/mol. The summed E-state index contributed by atoms with van der Waals surface area (Å²) in [5, 5.41) is 3.44. The highest BCUT2D eigenvalue weighted by atomic mass is 16.5. The van der Waals surface area contributed by atoms with Gasteiger partial charge in [-0.2, -0.15) is 0 Å². The van der Waals surface area contributed by atoms with Crippen LogP contribution in [0, 0.1) is 5.92 Å². The first kappa shape index (κ1) is 14.0. The van der Waals surface area contributed by atoms with Gasteiger partial charge < -0.3 is 10.1 Å². The summed E-state index contributed by atoms with van der Waals surface area (Å²) in [5.41, 5.74) is 0. The minimum atomic E-state index is 0.667. The standard InChI is InChI=1S/C14H29NO/c1-3-15-13(2)8-6-7-11-16-12-14-9-4-5-10-14/h13-15H,3-12H2,1-2H3. The van der Waals surface area contributed by atoms with Crippen molar-refractivity contribution < 1.29 is 4.74 Å². The van der Waals surface area contributed by atoms with Crippen LogP contribution in [0.5, 0.6) is 0 Å². The predicted octanol–water partition coefficient (Wildman–Crippen LogP) is 3.36. The Bertz CT molecular complexity index is 155. The Hall–Kier alpha value is -0.0800. The molecular formula is C14H29NO. The molecule has 1 unspecified atom stereocenters. The van der Waals surface area contributed by atoms with Crippen LogP contribution in [0.1, 0.15) is 58.8 Å². The highest BCUT2D eigenvalue weighted by Gasteiger charge is 2.14. The van der Waals surface area contributed by atoms with Crippen molar-refractivity contribution in [1.82, 2.24) is 5.32 Å². The van der Waals surface area contributed by atoms with Crippen LogP contribution in [0.3, 0.4) is 0 Å². The van der Waals surface area contributed by atoms with Gasteiger partial charge in [0.25, 0.3) is 0 Å². The highest BCUT2D eigenvalue weighted by Crippen LogP contribution is 2.24. The minimum absolute atomic E-state index is 0.667. The molecule has 0 heterocycles. The molecule has 0 spiro atoms. The van der Waals surface area contributed by atoms with Gasteiger partial charge in [-0.15, -0.1) is 0 Å². The van der Waals surface area contributed by atoms with Gasteiger partial charge in [-0.3, -0.25) is 0 Å². The number of nitrogens with one attached hydrogen (secondary N) is 1. The van der Waals surface area contributed by atoms with Crippen LogP contribution in [0.2, 0.25) is 0 Å². The van der Waals surface area contributed by atoms with Crippen molar-refractivity contribution in [2.75, 3.05) is 19.8 Å². The van der Waals surface area contributed by atoms with Gasteiger partial charge in [-0.1, -0.05) is 19.8 Å². The maximum Gasteiger partial charge on any atom is 0.0494 e. The minimum Gasteiger partial charge on any atom is -0.381 e. The quantitative estimate of drug-likeness (QED) is 0.610. The molecule has 2 heteroatoms. The van der Waals surface area contributed by atoms with Crippen LogP contribution in [0.4, 0.5) is 0 Å². The average molecular weight is 227 g/mol. The van der Waals surface area contributed by atoms with Gasteiger partial charge in [-0.05, 0) is 51.5 Å². The molecule has 1 saturated carbocycles. The van der Waals surface area contributed by atoms with E-state index in [1.54, 1.807) is 0 Å². The van der Waals surface area contributed by atoms with Crippen LogP contribution in [-0.4, -0.2) is 25.8 Å². The zero-order chi connectivity index (χ0) is 11.6. The second-order valence-electron chi connectivity index (χ2n) is 5.18. The van der Waals surface area contributed by atoms with E-state index in [4.69, 9.17) is 4.74 Å². The van der Waals surface area contributed by atoms with Crippen molar-refractivity contribution in [2.24, 2.45) is 5.92 Å². The van der Waals surface area contributed by atoms with E-state index >= 15 is 0 Å². The summed E-state index contributed by atoms with van der Waals surface area (Å²) in [7, 11) is 0. The fraction of sp³-hybridized carbons (Fsp3) is 1.00. The van der Waals surface area contributed by atoms with Crippen LogP contribution < -0.4 is 5.32 Å². The Kier molecular flexibility index (Phi) is 7.87. The molecule has 1 atom stereocenters. The van der Waals surface area contributed by atoms with Gasteiger partial charge >= 0.3 is 0 Å². The Morgan fingerprint density at radius 1 is 1.25 bits per heavy atom. The molecule has 0 bridgehead atoms. The van der Waals surface area contributed by atoms with Gasteiger partial charge in [0, 0.05) is 19.3 Å². The zero-order valence-corrected chi connectivity index (χ0v) is 11.1. The second-order valence-corrected chi connectivity index (χ2v) is 5.18. The SMILES string of the molecule is CCNC(C)CCCCOCC1CCCC1. The van der Waals surface area contributed by atoms with E-state index in [2.05, 4.69) is 19.2 Å². The maximum absolute atomic E-state index is 5.74. The Labute approximate surface area is 101 Å². The number of hydrogen-bond acceptors (Lipinski definition) is 2. The molecule has 2 nitrogen and oxygen atoms in total. The smallest absolute Gasteiger partial charge is 0.0494 e. The van der Waals surface area contributed by atoms with Gasteiger partial charge in [-0.25, -0.2) is 0 Å². The van der Waals surface area contributed by atoms with E-state index in [0.717, 1.165) is 25.7 Å². The van der Waals surface area contributed by atoms with Gasteiger partial charge in [0.1, 0.15) is 0 Å². The number of unbranched alkanes of at least 4 members (excludes halogenated alkanes) is 1. The molecule has 0 radical (unpaired) electrons. The summed E-state index contributed by atoms with van der Waals surface area (Å²) in [6, 6.07) is 0.667. The molecule has 16 heavy (non-hydrogen) atoms. The fourth-order valence-electron chi connectivity index (χ4n) is 2.53. The van der Waals surface area contributed by atoms with E-state index in [9.17, 15) is 0 Å². The first-order valence-corrected chi connectivity index (χ1v) is 7.14. The molecule has 1 fully saturated rings. The molecule has 0 saturated heterocycles. The predicted molar refractivity (Wildman–Crippen MR) is 69.8 cm³/mol. The Morgan fingerprint density at radius 3 is 2.69 bits per heavy atom. The van der Waals surface area contributed by atoms with Gasteiger partial charge in [0.05, 0.1) is 0 Å². The van der Waals surface area contributed by atoms with Crippen LogP contribution in [-0.2, 0) is 4.74 Å². The van der Waals surface area contributed by atoms with Gasteiger partial charge in [0.2, 0.25) is 0 Å². The molecule has 96 valence electrons. The third kappa shape index (κ3) is 6.49. The topological polar surface area (TPSA) is 21.3 Å². The van der Waals surface area contributed by atoms with Crippen molar-refractivity contribution in [3.8, 4) is 0 Å². The lowest BCUT2D eigenvalue weighted by Crippen LogP contribution is -2.25. The van der Waals surface area contributed by atoms with Crippen LogP contribution >= 0.6 is 0 Å². The normalized spacial score (nSPS) is 19.1. The molecule has 0 aromatic carbocycles. The highest BCUT2D eigenvalue weighted by molar-refractivity contribution is 4.66. The second kappa shape index (κ2) is 9.00. The maximum atomic E-state index is 5.74. The first-order valence-electron chi connectivity index (χ1n) is 7.14. The van der Waals surface area contributed by atoms with Crippen molar-refractivity contribution in [1.29, 1.82) is 0 Å². The summed E-state index contributed by atoms with van der Waals surface area (Å²) in [6.07, 6.45) is 9.44. The molecule has 0 aliphatic heterocycles. The van der Waals surface area contributed by atoms with E-state index in [1.807, 2.05) is 0 Å². The summed E-state index contributed by atoms with van der Waals surface area (Å²) in [6.45, 7) is 7.50. The molecule has 1 aliphatic rings. The first-order chi connectivity index (χ1) is 7.83. The van der Waals surface area contributed by atoms with Crippen molar-refractivity contribution in [3.05, 3.63) is 0 Å². The third-order valence-corrected chi connectivity index (χ3v) is 3.56.